The third-order valence-corrected chi connectivity index (χ3v) is 4.85. The molecule has 0 radical (unpaired) electrons. The Morgan fingerprint density at radius 3 is 2.72 bits per heavy atom. The Hall–Kier alpha value is -2.75. The van der Waals surface area contributed by atoms with Crippen molar-refractivity contribution in [3.05, 3.63) is 77.1 Å². The molecule has 2 aliphatic rings. The molecule has 0 aromatic heterocycles. The lowest BCUT2D eigenvalue weighted by Crippen LogP contribution is -2.34. The molecule has 1 aliphatic carbocycles. The van der Waals surface area contributed by atoms with Crippen LogP contribution in [0.2, 0.25) is 0 Å². The van der Waals surface area contributed by atoms with Crippen LogP contribution < -0.4 is 4.74 Å². The molecule has 0 unspecified atom stereocenters. The largest absolute Gasteiger partial charge is 0.508 e. The van der Waals surface area contributed by atoms with Crippen molar-refractivity contribution < 1.29 is 20.7 Å². The summed E-state index contributed by atoms with van der Waals surface area (Å²) >= 11 is 0. The lowest BCUT2D eigenvalue weighted by atomic mass is 9.71. The molecule has 0 spiro atoms. The second-order valence-corrected chi connectivity index (χ2v) is 6.25. The van der Waals surface area contributed by atoms with Gasteiger partial charge >= 0.3 is 5.97 Å². The molecule has 1 N–H and O–H groups in total. The molecule has 3 atom stereocenters. The van der Waals surface area contributed by atoms with Crippen LogP contribution in [0.3, 0.4) is 0 Å². The van der Waals surface area contributed by atoms with Crippen LogP contribution in [0, 0.1) is 0 Å². The Kier molecular flexibility index (Phi) is 3.66. The summed E-state index contributed by atoms with van der Waals surface area (Å²) in [5, 5.41) is 10.8. The summed E-state index contributed by atoms with van der Waals surface area (Å²) in [5.41, 5.74) is 2.01. The number of carbonyl (C=O) groups excluding carboxylic acids is 1. The number of fused-ring (bicyclic) bond motifs is 3. The Morgan fingerprint density at radius 1 is 1.24 bits per heavy atom. The monoisotopic (exact) mass is 337 g/mol. The van der Waals surface area contributed by atoms with Gasteiger partial charge in [0, 0.05) is 11.5 Å². The molecule has 2 aromatic rings. The van der Waals surface area contributed by atoms with E-state index >= 15 is 0 Å². The minimum absolute atomic E-state index is 0.125. The van der Waals surface area contributed by atoms with E-state index in [1.54, 1.807) is 13.0 Å². The highest BCUT2D eigenvalue weighted by Gasteiger charge is 2.48. The number of carbonyl (C=O) groups is 1. The summed E-state index contributed by atoms with van der Waals surface area (Å²) in [7, 11) is 0. The van der Waals surface area contributed by atoms with Gasteiger partial charge in [0.05, 0.1) is 13.6 Å². The number of esters is 1. The molecule has 0 fully saturated rings. The maximum absolute atomic E-state index is 12.4. The van der Waals surface area contributed by atoms with E-state index in [9.17, 15) is 9.90 Å². The van der Waals surface area contributed by atoms with Gasteiger partial charge in [-0.1, -0.05) is 48.5 Å². The molecule has 2 aromatic carbocycles. The fraction of sp³-hybridized carbons (Fsp3) is 0.286. The van der Waals surface area contributed by atoms with Crippen molar-refractivity contribution in [2.45, 2.75) is 31.3 Å². The topological polar surface area (TPSA) is 55.8 Å². The highest BCUT2D eigenvalue weighted by molar-refractivity contribution is 5.90. The zero-order valence-electron chi connectivity index (χ0n) is 14.9. The lowest BCUT2D eigenvalue weighted by molar-refractivity contribution is -0.139. The number of hydrogen-bond donors (Lipinski definition) is 1. The zero-order chi connectivity index (χ0) is 18.3. The fourth-order valence-electron chi connectivity index (χ4n) is 3.74. The number of benzene rings is 2. The number of rotatable bonds is 3. The first-order chi connectivity index (χ1) is 12.6. The highest BCUT2D eigenvalue weighted by atomic mass is 16.5. The number of aliphatic hydroxyl groups excluding tert-OH is 1. The van der Waals surface area contributed by atoms with E-state index in [1.165, 1.54) is 0 Å². The minimum Gasteiger partial charge on any atom is -0.508 e. The first-order valence-electron chi connectivity index (χ1n) is 8.99. The minimum atomic E-state index is -1.73. The normalized spacial score (nSPS) is 27.8. The molecule has 1 aliphatic heterocycles. The van der Waals surface area contributed by atoms with Gasteiger partial charge in [0.2, 0.25) is 0 Å². The standard InChI is InChI=1S/C21H20O4/c1-2-24-21(23)16-12-15(13-8-4-3-5-9-13)18-14-10-6-7-11-17(14)25-20(18)19(16)22/h3-11,15,18,20,22H,2,12H2,1H3/t15-,18-,20-/m1/s1/i20D. The van der Waals surface area contributed by atoms with E-state index in [4.69, 9.17) is 10.8 Å². The van der Waals surface area contributed by atoms with Crippen LogP contribution >= 0.6 is 0 Å². The van der Waals surface area contributed by atoms with Crippen molar-refractivity contribution >= 4 is 5.97 Å². The number of hydrogen-bond acceptors (Lipinski definition) is 4. The molecular weight excluding hydrogens is 316 g/mol. The predicted molar refractivity (Wildman–Crippen MR) is 93.7 cm³/mol. The van der Waals surface area contributed by atoms with Crippen LogP contribution in [0.1, 0.15) is 37.7 Å². The van der Waals surface area contributed by atoms with Crippen molar-refractivity contribution in [1.82, 2.24) is 0 Å². The summed E-state index contributed by atoms with van der Waals surface area (Å²) in [4.78, 5) is 12.4. The van der Waals surface area contributed by atoms with Crippen LogP contribution in [0.4, 0.5) is 0 Å². The number of ether oxygens (including phenoxy) is 2. The quantitative estimate of drug-likeness (QED) is 0.857. The van der Waals surface area contributed by atoms with Gasteiger partial charge in [-0.3, -0.25) is 0 Å². The molecule has 4 heteroatoms. The van der Waals surface area contributed by atoms with Gasteiger partial charge in [0.1, 0.15) is 11.5 Å². The molecule has 4 rings (SSSR count). The average Bonchev–Trinajstić information content (AvgIpc) is 2.97. The van der Waals surface area contributed by atoms with Gasteiger partial charge in [-0.25, -0.2) is 4.79 Å². The summed E-state index contributed by atoms with van der Waals surface area (Å²) < 4.78 is 19.9. The Morgan fingerprint density at radius 2 is 1.96 bits per heavy atom. The van der Waals surface area contributed by atoms with Crippen LogP contribution in [0.25, 0.3) is 0 Å². The van der Waals surface area contributed by atoms with E-state index in [0.717, 1.165) is 11.1 Å². The predicted octanol–water partition coefficient (Wildman–Crippen LogP) is 4.09. The van der Waals surface area contributed by atoms with Gasteiger partial charge in [-0.05, 0) is 30.9 Å². The molecule has 25 heavy (non-hydrogen) atoms. The highest BCUT2D eigenvalue weighted by Crippen LogP contribution is 2.53. The summed E-state index contributed by atoms with van der Waals surface area (Å²) in [5.74, 6) is -0.933. The van der Waals surface area contributed by atoms with Gasteiger partial charge in [-0.15, -0.1) is 0 Å². The molecule has 1 heterocycles. The molecule has 0 saturated heterocycles. The van der Waals surface area contributed by atoms with Gasteiger partial charge in [0.15, 0.2) is 6.08 Å². The molecule has 4 nitrogen and oxygen atoms in total. The van der Waals surface area contributed by atoms with Gasteiger partial charge in [0.25, 0.3) is 0 Å². The van der Waals surface area contributed by atoms with Gasteiger partial charge in [-0.2, -0.15) is 0 Å². The maximum Gasteiger partial charge on any atom is 0.337 e. The van der Waals surface area contributed by atoms with E-state index in [0.29, 0.717) is 12.2 Å². The van der Waals surface area contributed by atoms with E-state index < -0.39 is 18.0 Å². The average molecular weight is 337 g/mol. The first kappa shape index (κ1) is 14.6. The third kappa shape index (κ3) is 2.58. The molecule has 128 valence electrons. The summed E-state index contributed by atoms with van der Waals surface area (Å²) in [6.07, 6.45) is -1.43. The van der Waals surface area contributed by atoms with Crippen LogP contribution in [0.15, 0.2) is 65.9 Å². The lowest BCUT2D eigenvalue weighted by Gasteiger charge is -2.33. The molecule has 0 saturated carbocycles. The number of aliphatic hydroxyl groups is 1. The molecule has 0 bridgehead atoms. The van der Waals surface area contributed by atoms with E-state index in [2.05, 4.69) is 0 Å². The number of para-hydroxylation sites is 1. The molecule has 0 amide bonds. The zero-order valence-corrected chi connectivity index (χ0v) is 13.9. The van der Waals surface area contributed by atoms with Crippen LogP contribution in [-0.2, 0) is 9.53 Å². The smallest absolute Gasteiger partial charge is 0.337 e. The Labute approximate surface area is 148 Å². The molecular formula is C21H20O4. The summed E-state index contributed by atoms with van der Waals surface area (Å²) in [6.45, 7) is 1.93. The van der Waals surface area contributed by atoms with Crippen LogP contribution in [0.5, 0.6) is 5.75 Å². The van der Waals surface area contributed by atoms with Crippen molar-refractivity contribution in [2.24, 2.45) is 0 Å². The Bertz CT molecular complexity index is 877. The Balaban J connectivity index is 1.89. The van der Waals surface area contributed by atoms with E-state index in [-0.39, 0.29) is 23.9 Å². The van der Waals surface area contributed by atoms with Crippen molar-refractivity contribution in [2.75, 3.05) is 6.61 Å². The maximum atomic E-state index is 12.4. The fourth-order valence-corrected chi connectivity index (χ4v) is 3.74. The van der Waals surface area contributed by atoms with Crippen molar-refractivity contribution in [3.8, 4) is 5.75 Å². The van der Waals surface area contributed by atoms with Gasteiger partial charge < -0.3 is 14.6 Å². The van der Waals surface area contributed by atoms with Crippen LogP contribution in [-0.4, -0.2) is 23.8 Å². The second kappa shape index (κ2) is 6.28. The SMILES string of the molecule is [2H][C@@]12Oc3ccccc3[C@@H]1[C@@H](c1ccccc1)CC(C(=O)OCC)=C2O. The van der Waals surface area contributed by atoms with Crippen molar-refractivity contribution in [3.63, 3.8) is 0 Å². The van der Waals surface area contributed by atoms with Crippen molar-refractivity contribution in [1.29, 1.82) is 0 Å². The first-order valence-corrected chi connectivity index (χ1v) is 8.49. The third-order valence-electron chi connectivity index (χ3n) is 4.85. The van der Waals surface area contributed by atoms with E-state index in [1.807, 2.05) is 48.5 Å². The second-order valence-electron chi connectivity index (χ2n) is 6.25. The summed E-state index contributed by atoms with van der Waals surface area (Å²) in [6, 6.07) is 17.2.